The van der Waals surface area contributed by atoms with Crippen LogP contribution in [0.5, 0.6) is 0 Å². The Bertz CT molecular complexity index is 1090. The van der Waals surface area contributed by atoms with Crippen LogP contribution in [0.4, 0.5) is 14.5 Å². The van der Waals surface area contributed by atoms with Gasteiger partial charge in [-0.3, -0.25) is 9.59 Å². The van der Waals surface area contributed by atoms with Crippen molar-refractivity contribution in [1.29, 1.82) is 0 Å². The SMILES string of the molecule is C[C@H](OC(=O)Cn1nc(-c2ccccc2)oc1=O)C(=O)Nc1ccc(F)c(F)c1. The highest BCUT2D eigenvalue weighted by atomic mass is 19.2. The third kappa shape index (κ3) is 4.92. The van der Waals surface area contributed by atoms with E-state index < -0.39 is 41.9 Å². The number of nitrogens with zero attached hydrogens (tertiary/aromatic N) is 2. The van der Waals surface area contributed by atoms with Gasteiger partial charge in [0.25, 0.3) is 5.91 Å². The standard InChI is InChI=1S/C19H15F2N3O5/c1-11(17(26)22-13-7-8-14(20)15(21)9-13)28-16(25)10-24-19(27)29-18(23-24)12-5-3-2-4-6-12/h2-9,11H,10H2,1H3,(H,22,26)/t11-/m0/s1. The van der Waals surface area contributed by atoms with Crippen molar-refractivity contribution < 1.29 is 27.5 Å². The first-order valence-corrected chi connectivity index (χ1v) is 8.42. The molecular weight excluding hydrogens is 388 g/mol. The zero-order valence-electron chi connectivity index (χ0n) is 15.1. The number of halogens is 2. The van der Waals surface area contributed by atoms with Gasteiger partial charge in [0.2, 0.25) is 5.89 Å². The number of aromatic nitrogens is 2. The summed E-state index contributed by atoms with van der Waals surface area (Å²) in [5.41, 5.74) is 0.549. The maximum absolute atomic E-state index is 13.2. The number of carbonyl (C=O) groups is 2. The zero-order chi connectivity index (χ0) is 21.0. The molecule has 10 heteroatoms. The van der Waals surface area contributed by atoms with Gasteiger partial charge < -0.3 is 14.5 Å². The van der Waals surface area contributed by atoms with E-state index in [2.05, 4.69) is 10.4 Å². The van der Waals surface area contributed by atoms with E-state index in [-0.39, 0.29) is 11.6 Å². The molecule has 2 aromatic carbocycles. The summed E-state index contributed by atoms with van der Waals surface area (Å²) in [4.78, 5) is 35.9. The van der Waals surface area contributed by atoms with E-state index in [9.17, 15) is 23.2 Å². The normalized spacial score (nSPS) is 11.7. The fourth-order valence-corrected chi connectivity index (χ4v) is 2.33. The fourth-order valence-electron chi connectivity index (χ4n) is 2.33. The number of nitrogens with one attached hydrogen (secondary N) is 1. The molecule has 0 fully saturated rings. The molecule has 1 N–H and O–H groups in total. The van der Waals surface area contributed by atoms with E-state index in [0.29, 0.717) is 5.56 Å². The lowest BCUT2D eigenvalue weighted by Gasteiger charge is -2.13. The molecular formula is C19H15F2N3O5. The lowest BCUT2D eigenvalue weighted by Crippen LogP contribution is -2.32. The first kappa shape index (κ1) is 19.9. The molecule has 3 aromatic rings. The molecule has 0 unspecified atom stereocenters. The van der Waals surface area contributed by atoms with Crippen LogP contribution in [0.15, 0.2) is 57.7 Å². The Morgan fingerprint density at radius 3 is 2.59 bits per heavy atom. The summed E-state index contributed by atoms with van der Waals surface area (Å²) in [6.45, 7) is 0.714. The monoisotopic (exact) mass is 403 g/mol. The number of carbonyl (C=O) groups excluding carboxylic acids is 2. The van der Waals surface area contributed by atoms with Crippen molar-refractivity contribution in [3.63, 3.8) is 0 Å². The average molecular weight is 403 g/mol. The zero-order valence-corrected chi connectivity index (χ0v) is 15.1. The van der Waals surface area contributed by atoms with Crippen molar-refractivity contribution in [3.05, 3.63) is 70.7 Å². The predicted octanol–water partition coefficient (Wildman–Crippen LogP) is 2.35. The summed E-state index contributed by atoms with van der Waals surface area (Å²) in [6.07, 6.45) is -1.26. The van der Waals surface area contributed by atoms with Crippen molar-refractivity contribution in [3.8, 4) is 11.5 Å². The molecule has 150 valence electrons. The molecule has 0 bridgehead atoms. The van der Waals surface area contributed by atoms with Crippen LogP contribution in [0.1, 0.15) is 6.92 Å². The first-order chi connectivity index (χ1) is 13.8. The third-order valence-corrected chi connectivity index (χ3v) is 3.77. The number of amides is 1. The molecule has 0 saturated carbocycles. The number of rotatable bonds is 6. The molecule has 29 heavy (non-hydrogen) atoms. The fraction of sp³-hybridized carbons (Fsp3) is 0.158. The summed E-state index contributed by atoms with van der Waals surface area (Å²) < 4.78 is 36.8. The Kier molecular flexibility index (Phi) is 5.82. The van der Waals surface area contributed by atoms with Gasteiger partial charge in [0, 0.05) is 17.3 Å². The van der Waals surface area contributed by atoms with Crippen LogP contribution in [0.3, 0.4) is 0 Å². The Morgan fingerprint density at radius 1 is 1.17 bits per heavy atom. The molecule has 1 aromatic heterocycles. The Labute approximate surface area is 162 Å². The molecule has 0 aliphatic carbocycles. The summed E-state index contributed by atoms with van der Waals surface area (Å²) in [7, 11) is 0. The van der Waals surface area contributed by atoms with Crippen molar-refractivity contribution in [2.45, 2.75) is 19.6 Å². The second kappa shape index (κ2) is 8.46. The lowest BCUT2D eigenvalue weighted by atomic mass is 10.2. The summed E-state index contributed by atoms with van der Waals surface area (Å²) in [5, 5.41) is 6.21. The Morgan fingerprint density at radius 2 is 1.90 bits per heavy atom. The largest absolute Gasteiger partial charge is 0.451 e. The van der Waals surface area contributed by atoms with Gasteiger partial charge in [0.15, 0.2) is 17.7 Å². The van der Waals surface area contributed by atoms with E-state index >= 15 is 0 Å². The molecule has 0 spiro atoms. The van der Waals surface area contributed by atoms with E-state index in [1.165, 1.54) is 6.92 Å². The van der Waals surface area contributed by atoms with E-state index in [0.717, 1.165) is 22.9 Å². The van der Waals surface area contributed by atoms with Crippen LogP contribution in [-0.2, 0) is 20.9 Å². The molecule has 1 heterocycles. The molecule has 3 rings (SSSR count). The van der Waals surface area contributed by atoms with Gasteiger partial charge in [-0.2, -0.15) is 4.68 Å². The predicted molar refractivity (Wildman–Crippen MR) is 96.7 cm³/mol. The summed E-state index contributed by atoms with van der Waals surface area (Å²) >= 11 is 0. The molecule has 0 radical (unpaired) electrons. The number of ether oxygens (including phenoxy) is 1. The summed E-state index contributed by atoms with van der Waals surface area (Å²) in [5.74, 6) is -4.69. The highest BCUT2D eigenvalue weighted by Crippen LogP contribution is 2.15. The van der Waals surface area contributed by atoms with Gasteiger partial charge in [-0.05, 0) is 31.2 Å². The number of hydrogen-bond donors (Lipinski definition) is 1. The quantitative estimate of drug-likeness (QED) is 0.634. The average Bonchev–Trinajstić information content (AvgIpc) is 3.05. The van der Waals surface area contributed by atoms with Gasteiger partial charge in [0.1, 0.15) is 6.54 Å². The lowest BCUT2D eigenvalue weighted by molar-refractivity contribution is -0.154. The smallest absolute Gasteiger partial charge is 0.437 e. The molecule has 1 amide bonds. The van der Waals surface area contributed by atoms with Crippen LogP contribution in [0.25, 0.3) is 11.5 Å². The maximum atomic E-state index is 13.2. The van der Waals surface area contributed by atoms with Gasteiger partial charge in [-0.15, -0.1) is 5.10 Å². The molecule has 1 atom stereocenters. The molecule has 0 aliphatic heterocycles. The van der Waals surface area contributed by atoms with E-state index in [1.807, 2.05) is 0 Å². The van der Waals surface area contributed by atoms with Crippen LogP contribution in [0, 0.1) is 11.6 Å². The number of benzene rings is 2. The molecule has 0 aliphatic rings. The highest BCUT2D eigenvalue weighted by Gasteiger charge is 2.20. The maximum Gasteiger partial charge on any atom is 0.437 e. The van der Waals surface area contributed by atoms with Gasteiger partial charge >= 0.3 is 11.7 Å². The summed E-state index contributed by atoms with van der Waals surface area (Å²) in [6, 6.07) is 11.4. The van der Waals surface area contributed by atoms with Gasteiger partial charge in [0.05, 0.1) is 0 Å². The molecule has 0 saturated heterocycles. The Hall–Kier alpha value is -3.82. The van der Waals surface area contributed by atoms with Gasteiger partial charge in [-0.25, -0.2) is 13.6 Å². The van der Waals surface area contributed by atoms with E-state index in [1.54, 1.807) is 30.3 Å². The van der Waals surface area contributed by atoms with Crippen LogP contribution in [0.2, 0.25) is 0 Å². The first-order valence-electron chi connectivity index (χ1n) is 8.42. The number of esters is 1. The minimum atomic E-state index is -1.26. The van der Waals surface area contributed by atoms with Crippen molar-refractivity contribution in [2.75, 3.05) is 5.32 Å². The highest BCUT2D eigenvalue weighted by molar-refractivity contribution is 5.95. The second-order valence-electron chi connectivity index (χ2n) is 5.95. The van der Waals surface area contributed by atoms with E-state index in [4.69, 9.17) is 9.15 Å². The topological polar surface area (TPSA) is 103 Å². The Balaban J connectivity index is 1.60. The van der Waals surface area contributed by atoms with Gasteiger partial charge in [-0.1, -0.05) is 18.2 Å². The van der Waals surface area contributed by atoms with Crippen molar-refractivity contribution in [2.24, 2.45) is 0 Å². The minimum absolute atomic E-state index is 0.00276. The molecule has 8 nitrogen and oxygen atoms in total. The number of hydrogen-bond acceptors (Lipinski definition) is 6. The number of anilines is 1. The van der Waals surface area contributed by atoms with Crippen LogP contribution in [-0.4, -0.2) is 27.8 Å². The van der Waals surface area contributed by atoms with Crippen molar-refractivity contribution >= 4 is 17.6 Å². The van der Waals surface area contributed by atoms with Crippen molar-refractivity contribution in [1.82, 2.24) is 9.78 Å². The minimum Gasteiger partial charge on any atom is -0.451 e. The second-order valence-corrected chi connectivity index (χ2v) is 5.95. The van der Waals surface area contributed by atoms with Crippen LogP contribution >= 0.6 is 0 Å². The third-order valence-electron chi connectivity index (χ3n) is 3.77. The van der Waals surface area contributed by atoms with Crippen LogP contribution < -0.4 is 11.1 Å².